The van der Waals surface area contributed by atoms with E-state index in [1.165, 1.54) is 12.5 Å². The van der Waals surface area contributed by atoms with E-state index in [0.717, 1.165) is 18.1 Å². The molecule has 0 bridgehead atoms. The number of carbonyl (C=O) groups excluding carboxylic acids is 1. The zero-order chi connectivity index (χ0) is 14.5. The third-order valence-electron chi connectivity index (χ3n) is 3.12. The average molecular weight is 270 g/mol. The van der Waals surface area contributed by atoms with Crippen LogP contribution in [0.1, 0.15) is 22.8 Å². The number of hydrogen-bond donors (Lipinski definition) is 0. The van der Waals surface area contributed by atoms with Crippen molar-refractivity contribution in [2.75, 3.05) is 19.1 Å². The molecule has 4 nitrogen and oxygen atoms in total. The van der Waals surface area contributed by atoms with Crippen LogP contribution in [0.25, 0.3) is 0 Å². The number of hydrogen-bond acceptors (Lipinski definition) is 4. The van der Waals surface area contributed by atoms with Gasteiger partial charge in [-0.2, -0.15) is 0 Å². The molecule has 0 aliphatic heterocycles. The number of nitrogens with zero attached hydrogens (tertiary/aromatic N) is 2. The van der Waals surface area contributed by atoms with Gasteiger partial charge in [-0.15, -0.1) is 0 Å². The number of ether oxygens (including phenoxy) is 1. The maximum absolute atomic E-state index is 11.2. The van der Waals surface area contributed by atoms with Gasteiger partial charge in [0.25, 0.3) is 0 Å². The van der Waals surface area contributed by atoms with E-state index in [1.807, 2.05) is 42.3 Å². The quantitative estimate of drug-likeness (QED) is 0.783. The Labute approximate surface area is 119 Å². The molecule has 0 amide bonds. The summed E-state index contributed by atoms with van der Waals surface area (Å²) in [5.74, 6) is 1.72. The van der Waals surface area contributed by atoms with E-state index >= 15 is 0 Å². The minimum absolute atomic E-state index is 0.0295. The summed E-state index contributed by atoms with van der Waals surface area (Å²) in [7, 11) is 3.63. The average Bonchev–Trinajstić information content (AvgIpc) is 2.48. The first-order chi connectivity index (χ1) is 9.60. The second-order valence-corrected chi connectivity index (χ2v) is 4.67. The van der Waals surface area contributed by atoms with E-state index in [2.05, 4.69) is 4.98 Å². The number of methoxy groups -OCH3 is 1. The summed E-state index contributed by atoms with van der Waals surface area (Å²) in [4.78, 5) is 17.6. The smallest absolute Gasteiger partial charge is 0.161 e. The predicted molar refractivity (Wildman–Crippen MR) is 79.3 cm³/mol. The van der Waals surface area contributed by atoms with E-state index < -0.39 is 0 Å². The number of Topliss-reactive ketones (excluding diaryl/α,β-unsaturated/α-hetero) is 1. The standard InChI is InChI=1S/C16H18N2O2/c1-12(19)14-6-9-16(17-10-14)18(2)11-13-4-7-15(20-3)8-5-13/h4-10H,11H2,1-3H3. The van der Waals surface area contributed by atoms with Gasteiger partial charge in [0.05, 0.1) is 7.11 Å². The fourth-order valence-electron chi connectivity index (χ4n) is 1.91. The van der Waals surface area contributed by atoms with E-state index in [1.54, 1.807) is 19.4 Å². The third kappa shape index (κ3) is 3.35. The molecule has 0 saturated carbocycles. The molecule has 0 unspecified atom stereocenters. The molecule has 4 heteroatoms. The van der Waals surface area contributed by atoms with Gasteiger partial charge in [-0.25, -0.2) is 4.98 Å². The van der Waals surface area contributed by atoms with E-state index in [9.17, 15) is 4.79 Å². The number of anilines is 1. The number of ketones is 1. The Hall–Kier alpha value is -2.36. The lowest BCUT2D eigenvalue weighted by Crippen LogP contribution is -2.17. The van der Waals surface area contributed by atoms with Crippen molar-refractivity contribution in [3.8, 4) is 5.75 Å². The highest BCUT2D eigenvalue weighted by Gasteiger charge is 2.05. The fraction of sp³-hybridized carbons (Fsp3) is 0.250. The van der Waals surface area contributed by atoms with Crippen LogP contribution in [0.4, 0.5) is 5.82 Å². The lowest BCUT2D eigenvalue weighted by atomic mass is 10.2. The Morgan fingerprint density at radius 2 is 1.90 bits per heavy atom. The molecular weight excluding hydrogens is 252 g/mol. The molecule has 1 aromatic heterocycles. The lowest BCUT2D eigenvalue weighted by Gasteiger charge is -2.18. The van der Waals surface area contributed by atoms with Crippen molar-refractivity contribution in [2.24, 2.45) is 0 Å². The second kappa shape index (κ2) is 6.19. The van der Waals surface area contributed by atoms with Crippen LogP contribution in [-0.2, 0) is 6.54 Å². The van der Waals surface area contributed by atoms with E-state index in [0.29, 0.717) is 5.56 Å². The highest BCUT2D eigenvalue weighted by molar-refractivity contribution is 5.93. The number of pyridine rings is 1. The van der Waals surface area contributed by atoms with Crippen molar-refractivity contribution < 1.29 is 9.53 Å². The van der Waals surface area contributed by atoms with Gasteiger partial charge in [0, 0.05) is 25.4 Å². The maximum Gasteiger partial charge on any atom is 0.161 e. The molecule has 2 aromatic rings. The molecule has 0 radical (unpaired) electrons. The Kier molecular flexibility index (Phi) is 4.35. The first-order valence-corrected chi connectivity index (χ1v) is 6.41. The topological polar surface area (TPSA) is 42.4 Å². The van der Waals surface area contributed by atoms with Crippen LogP contribution in [0.2, 0.25) is 0 Å². The number of benzene rings is 1. The van der Waals surface area contributed by atoms with Crippen molar-refractivity contribution in [3.63, 3.8) is 0 Å². The molecule has 0 aliphatic rings. The van der Waals surface area contributed by atoms with Gasteiger partial charge in [0.15, 0.2) is 5.78 Å². The Morgan fingerprint density at radius 3 is 2.40 bits per heavy atom. The monoisotopic (exact) mass is 270 g/mol. The third-order valence-corrected chi connectivity index (χ3v) is 3.12. The molecule has 0 fully saturated rings. The van der Waals surface area contributed by atoms with Gasteiger partial charge in [0.1, 0.15) is 11.6 Å². The Morgan fingerprint density at radius 1 is 1.20 bits per heavy atom. The van der Waals surface area contributed by atoms with Gasteiger partial charge in [0.2, 0.25) is 0 Å². The predicted octanol–water partition coefficient (Wildman–Crippen LogP) is 2.93. The molecule has 0 atom stereocenters. The summed E-state index contributed by atoms with van der Waals surface area (Å²) < 4.78 is 5.14. The zero-order valence-electron chi connectivity index (χ0n) is 12.0. The van der Waals surface area contributed by atoms with Crippen LogP contribution in [0, 0.1) is 0 Å². The minimum atomic E-state index is 0.0295. The van der Waals surface area contributed by atoms with Gasteiger partial charge in [-0.3, -0.25) is 4.79 Å². The summed E-state index contributed by atoms with van der Waals surface area (Å²) in [5, 5.41) is 0. The van der Waals surface area contributed by atoms with Crippen molar-refractivity contribution in [1.29, 1.82) is 0 Å². The Balaban J connectivity index is 2.06. The van der Waals surface area contributed by atoms with Crippen LogP contribution in [0.5, 0.6) is 5.75 Å². The number of rotatable bonds is 5. The first kappa shape index (κ1) is 14.1. The fourth-order valence-corrected chi connectivity index (χ4v) is 1.91. The van der Waals surface area contributed by atoms with Gasteiger partial charge >= 0.3 is 0 Å². The van der Waals surface area contributed by atoms with Crippen molar-refractivity contribution in [2.45, 2.75) is 13.5 Å². The molecule has 0 saturated heterocycles. The SMILES string of the molecule is COc1ccc(CN(C)c2ccc(C(C)=O)cn2)cc1. The molecule has 1 heterocycles. The zero-order valence-corrected chi connectivity index (χ0v) is 12.0. The van der Waals surface area contributed by atoms with Crippen molar-refractivity contribution in [1.82, 2.24) is 4.98 Å². The summed E-state index contributed by atoms with van der Waals surface area (Å²) in [5.41, 5.74) is 1.80. The van der Waals surface area contributed by atoms with Gasteiger partial charge in [-0.1, -0.05) is 12.1 Å². The molecule has 0 aliphatic carbocycles. The van der Waals surface area contributed by atoms with Crippen molar-refractivity contribution in [3.05, 3.63) is 53.7 Å². The molecule has 0 N–H and O–H groups in total. The summed E-state index contributed by atoms with van der Waals surface area (Å²) in [6, 6.07) is 11.6. The summed E-state index contributed by atoms with van der Waals surface area (Å²) >= 11 is 0. The van der Waals surface area contributed by atoms with Crippen LogP contribution in [0.3, 0.4) is 0 Å². The molecule has 1 aromatic carbocycles. The van der Waals surface area contributed by atoms with Crippen LogP contribution in [-0.4, -0.2) is 24.9 Å². The molecule has 0 spiro atoms. The minimum Gasteiger partial charge on any atom is -0.497 e. The first-order valence-electron chi connectivity index (χ1n) is 6.41. The van der Waals surface area contributed by atoms with Crippen LogP contribution in [0.15, 0.2) is 42.6 Å². The molecule has 104 valence electrons. The largest absolute Gasteiger partial charge is 0.497 e. The second-order valence-electron chi connectivity index (χ2n) is 4.67. The lowest BCUT2D eigenvalue weighted by molar-refractivity contribution is 0.101. The molecular formula is C16H18N2O2. The van der Waals surface area contributed by atoms with E-state index in [-0.39, 0.29) is 5.78 Å². The highest BCUT2D eigenvalue weighted by Crippen LogP contribution is 2.16. The van der Waals surface area contributed by atoms with Crippen LogP contribution >= 0.6 is 0 Å². The Bertz CT molecular complexity index is 576. The molecule has 20 heavy (non-hydrogen) atoms. The number of carbonyl (C=O) groups is 1. The van der Waals surface area contributed by atoms with E-state index in [4.69, 9.17) is 4.74 Å². The van der Waals surface area contributed by atoms with Gasteiger partial charge < -0.3 is 9.64 Å². The normalized spacial score (nSPS) is 10.2. The van der Waals surface area contributed by atoms with Gasteiger partial charge in [-0.05, 0) is 36.8 Å². The summed E-state index contributed by atoms with van der Waals surface area (Å²) in [6.45, 7) is 2.29. The summed E-state index contributed by atoms with van der Waals surface area (Å²) in [6.07, 6.45) is 1.61. The highest BCUT2D eigenvalue weighted by atomic mass is 16.5. The maximum atomic E-state index is 11.2. The molecule has 2 rings (SSSR count). The number of aromatic nitrogens is 1. The van der Waals surface area contributed by atoms with Crippen molar-refractivity contribution >= 4 is 11.6 Å². The van der Waals surface area contributed by atoms with Crippen LogP contribution < -0.4 is 9.64 Å².